The molecule has 1 N–H and O–H groups in total. The van der Waals surface area contributed by atoms with Crippen LogP contribution in [0.3, 0.4) is 0 Å². The van der Waals surface area contributed by atoms with Gasteiger partial charge in [-0.1, -0.05) is 19.9 Å². The van der Waals surface area contributed by atoms with Crippen molar-refractivity contribution < 1.29 is 0 Å². The summed E-state index contributed by atoms with van der Waals surface area (Å²) in [6, 6.07) is 7.80. The van der Waals surface area contributed by atoms with Gasteiger partial charge in [0.15, 0.2) is 0 Å². The van der Waals surface area contributed by atoms with E-state index in [-0.39, 0.29) is 0 Å². The number of aromatic nitrogens is 1. The highest BCUT2D eigenvalue weighted by atomic mass is 15.1. The zero-order valence-electron chi connectivity index (χ0n) is 12.5. The normalized spacial score (nSPS) is 15.4. The molecule has 19 heavy (non-hydrogen) atoms. The monoisotopic (exact) mass is 261 g/mol. The zero-order chi connectivity index (χ0) is 13.7. The summed E-state index contributed by atoms with van der Waals surface area (Å²) in [5.41, 5.74) is 2.35. The van der Waals surface area contributed by atoms with E-state index in [9.17, 15) is 0 Å². The van der Waals surface area contributed by atoms with Gasteiger partial charge < -0.3 is 5.32 Å². The second kappa shape index (κ2) is 7.01. The first kappa shape index (κ1) is 14.5. The van der Waals surface area contributed by atoms with Crippen LogP contribution in [0.1, 0.15) is 50.9 Å². The quantitative estimate of drug-likeness (QED) is 0.780. The molecule has 3 nitrogen and oxygen atoms in total. The van der Waals surface area contributed by atoms with E-state index < -0.39 is 0 Å². The van der Waals surface area contributed by atoms with E-state index in [0.29, 0.717) is 6.04 Å². The van der Waals surface area contributed by atoms with E-state index in [1.54, 1.807) is 0 Å². The van der Waals surface area contributed by atoms with Crippen molar-refractivity contribution in [2.45, 2.75) is 64.7 Å². The van der Waals surface area contributed by atoms with Crippen LogP contribution >= 0.6 is 0 Å². The molecule has 3 heteroatoms. The summed E-state index contributed by atoms with van der Waals surface area (Å²) in [5, 5.41) is 3.52. The summed E-state index contributed by atoms with van der Waals surface area (Å²) in [4.78, 5) is 7.18. The highest BCUT2D eigenvalue weighted by molar-refractivity contribution is 5.11. The highest BCUT2D eigenvalue weighted by Crippen LogP contribution is 2.19. The summed E-state index contributed by atoms with van der Waals surface area (Å²) in [7, 11) is 2.20. The number of nitrogens with zero attached hydrogens (tertiary/aromatic N) is 2. The fourth-order valence-electron chi connectivity index (χ4n) is 2.55. The topological polar surface area (TPSA) is 28.2 Å². The van der Waals surface area contributed by atoms with E-state index in [1.807, 2.05) is 0 Å². The smallest absolute Gasteiger partial charge is 0.0547 e. The van der Waals surface area contributed by atoms with Crippen LogP contribution in [0.2, 0.25) is 0 Å². The largest absolute Gasteiger partial charge is 0.308 e. The molecular weight excluding hydrogens is 234 g/mol. The van der Waals surface area contributed by atoms with Gasteiger partial charge in [0.1, 0.15) is 0 Å². The van der Waals surface area contributed by atoms with Gasteiger partial charge in [0.2, 0.25) is 0 Å². The third kappa shape index (κ3) is 4.59. The second-order valence-corrected chi connectivity index (χ2v) is 5.66. The molecule has 0 bridgehead atoms. The van der Waals surface area contributed by atoms with Crippen molar-refractivity contribution in [3.05, 3.63) is 29.6 Å². The number of nitrogens with one attached hydrogen (secondary N) is 1. The molecule has 1 aromatic rings. The van der Waals surface area contributed by atoms with Gasteiger partial charge in [-0.3, -0.25) is 9.88 Å². The number of pyridine rings is 1. The van der Waals surface area contributed by atoms with Crippen molar-refractivity contribution in [1.82, 2.24) is 15.2 Å². The van der Waals surface area contributed by atoms with Crippen LogP contribution < -0.4 is 5.32 Å². The molecule has 106 valence electrons. The van der Waals surface area contributed by atoms with Gasteiger partial charge in [-0.15, -0.1) is 0 Å². The molecule has 1 aromatic heterocycles. The molecule has 0 atom stereocenters. The van der Waals surface area contributed by atoms with E-state index >= 15 is 0 Å². The Balaban J connectivity index is 1.89. The van der Waals surface area contributed by atoms with Gasteiger partial charge in [0, 0.05) is 25.2 Å². The minimum atomic E-state index is 0.662. The molecule has 0 saturated heterocycles. The molecule has 1 aliphatic rings. The molecule has 0 radical (unpaired) electrons. The van der Waals surface area contributed by atoms with E-state index in [0.717, 1.165) is 19.1 Å². The minimum absolute atomic E-state index is 0.662. The standard InChI is InChI=1S/C16H27N3/c1-4-16(5-2)19(3)12-15-8-6-7-14(18-15)11-17-13-9-10-13/h6-8,13,16-17H,4-5,9-12H2,1-3H3. The first-order chi connectivity index (χ1) is 9.22. The molecule has 0 amide bonds. The SMILES string of the molecule is CCC(CC)N(C)Cc1cccc(CNC2CC2)n1. The number of rotatable bonds is 8. The molecule has 1 aliphatic carbocycles. The van der Waals surface area contributed by atoms with Gasteiger partial charge in [-0.05, 0) is 44.9 Å². The number of hydrogen-bond acceptors (Lipinski definition) is 3. The first-order valence-electron chi connectivity index (χ1n) is 7.61. The summed E-state index contributed by atoms with van der Waals surface area (Å²) >= 11 is 0. The Kier molecular flexibility index (Phi) is 5.34. The first-order valence-corrected chi connectivity index (χ1v) is 7.61. The maximum Gasteiger partial charge on any atom is 0.0547 e. The van der Waals surface area contributed by atoms with Crippen molar-refractivity contribution in [1.29, 1.82) is 0 Å². The maximum absolute atomic E-state index is 4.76. The van der Waals surface area contributed by atoms with Crippen LogP contribution in [0.25, 0.3) is 0 Å². The van der Waals surface area contributed by atoms with Crippen molar-refractivity contribution >= 4 is 0 Å². The molecule has 0 aromatic carbocycles. The van der Waals surface area contributed by atoms with E-state index in [2.05, 4.69) is 49.3 Å². The summed E-state index contributed by atoms with van der Waals surface area (Å²) < 4.78 is 0. The predicted octanol–water partition coefficient (Wildman–Crippen LogP) is 2.95. The van der Waals surface area contributed by atoms with Crippen molar-refractivity contribution in [3.63, 3.8) is 0 Å². The molecule has 1 saturated carbocycles. The molecule has 0 spiro atoms. The fourth-order valence-corrected chi connectivity index (χ4v) is 2.55. The Morgan fingerprint density at radius 1 is 1.26 bits per heavy atom. The lowest BCUT2D eigenvalue weighted by Crippen LogP contribution is -2.30. The molecule has 1 heterocycles. The van der Waals surface area contributed by atoms with Crippen LogP contribution in [0.15, 0.2) is 18.2 Å². The second-order valence-electron chi connectivity index (χ2n) is 5.66. The van der Waals surface area contributed by atoms with Gasteiger partial charge in [-0.25, -0.2) is 0 Å². The van der Waals surface area contributed by atoms with Crippen molar-refractivity contribution in [2.75, 3.05) is 7.05 Å². The van der Waals surface area contributed by atoms with Gasteiger partial charge in [0.05, 0.1) is 11.4 Å². The van der Waals surface area contributed by atoms with Crippen molar-refractivity contribution in [2.24, 2.45) is 0 Å². The summed E-state index contributed by atoms with van der Waals surface area (Å²) in [6.45, 7) is 6.37. The Morgan fingerprint density at radius 2 is 1.95 bits per heavy atom. The molecular formula is C16H27N3. The Bertz CT molecular complexity index is 383. The lowest BCUT2D eigenvalue weighted by atomic mass is 10.1. The highest BCUT2D eigenvalue weighted by Gasteiger charge is 2.20. The third-order valence-electron chi connectivity index (χ3n) is 3.99. The van der Waals surface area contributed by atoms with Crippen LogP contribution in [0.5, 0.6) is 0 Å². The minimum Gasteiger partial charge on any atom is -0.308 e. The van der Waals surface area contributed by atoms with Crippen LogP contribution in [-0.4, -0.2) is 29.0 Å². The maximum atomic E-state index is 4.76. The average Bonchev–Trinajstić information content (AvgIpc) is 3.22. The number of hydrogen-bond donors (Lipinski definition) is 1. The van der Waals surface area contributed by atoms with Crippen molar-refractivity contribution in [3.8, 4) is 0 Å². The van der Waals surface area contributed by atoms with Crippen LogP contribution in [0.4, 0.5) is 0 Å². The predicted molar refractivity (Wildman–Crippen MR) is 79.9 cm³/mol. The lowest BCUT2D eigenvalue weighted by molar-refractivity contribution is 0.219. The molecule has 0 aliphatic heterocycles. The Hall–Kier alpha value is -0.930. The third-order valence-corrected chi connectivity index (χ3v) is 3.99. The van der Waals surface area contributed by atoms with E-state index in [4.69, 9.17) is 4.98 Å². The van der Waals surface area contributed by atoms with Crippen LogP contribution in [0, 0.1) is 0 Å². The van der Waals surface area contributed by atoms with Crippen LogP contribution in [-0.2, 0) is 13.1 Å². The average molecular weight is 261 g/mol. The van der Waals surface area contributed by atoms with Gasteiger partial charge in [-0.2, -0.15) is 0 Å². The Labute approximate surface area is 117 Å². The molecule has 0 unspecified atom stereocenters. The fraction of sp³-hybridized carbons (Fsp3) is 0.688. The van der Waals surface area contributed by atoms with Gasteiger partial charge in [0.25, 0.3) is 0 Å². The zero-order valence-corrected chi connectivity index (χ0v) is 12.5. The summed E-state index contributed by atoms with van der Waals surface area (Å²) in [6.07, 6.45) is 5.07. The van der Waals surface area contributed by atoms with E-state index in [1.165, 1.54) is 37.1 Å². The lowest BCUT2D eigenvalue weighted by Gasteiger charge is -2.25. The molecule has 1 fully saturated rings. The molecule has 2 rings (SSSR count). The Morgan fingerprint density at radius 3 is 2.58 bits per heavy atom. The summed E-state index contributed by atoms with van der Waals surface area (Å²) in [5.74, 6) is 0. The van der Waals surface area contributed by atoms with Gasteiger partial charge >= 0.3 is 0 Å².